The quantitative estimate of drug-likeness (QED) is 0.698. The number of hydrogen-bond donors (Lipinski definition) is 0. The summed E-state index contributed by atoms with van der Waals surface area (Å²) in [4.78, 5) is 25.3. The Morgan fingerprint density at radius 1 is 0.895 bits per heavy atom. The molecule has 0 bridgehead atoms. The number of halogens is 1. The molecule has 0 aromatic heterocycles. The van der Waals surface area contributed by atoms with Gasteiger partial charge in [-0.2, -0.15) is 0 Å². The van der Waals surface area contributed by atoms with Crippen LogP contribution in [0.3, 0.4) is 0 Å². The normalized spacial score (nSPS) is 27.1. The second kappa shape index (κ2) is 3.42. The summed E-state index contributed by atoms with van der Waals surface area (Å²) in [5.41, 5.74) is 2.95. The summed E-state index contributed by atoms with van der Waals surface area (Å²) in [5.74, 6) is -0.397. The molecule has 0 unspecified atom stereocenters. The zero-order valence-electron chi connectivity index (χ0n) is 9.89. The van der Waals surface area contributed by atoms with E-state index in [9.17, 15) is 9.59 Å². The molecule has 0 saturated carbocycles. The van der Waals surface area contributed by atoms with Crippen molar-refractivity contribution in [2.75, 3.05) is 0 Å². The van der Waals surface area contributed by atoms with Crippen LogP contribution in [0.25, 0.3) is 0 Å². The summed E-state index contributed by atoms with van der Waals surface area (Å²) < 4.78 is -0.898. The molecule has 0 spiro atoms. The molecule has 0 heterocycles. The molecule has 2 aromatic carbocycles. The molecule has 3 heteroatoms. The zero-order chi connectivity index (χ0) is 13.2. The lowest BCUT2D eigenvalue weighted by molar-refractivity contribution is 0.0900. The molecular weight excluding hydrogens is 304 g/mol. The first-order valence-electron chi connectivity index (χ1n) is 6.12. The van der Waals surface area contributed by atoms with Crippen LogP contribution in [0.2, 0.25) is 0 Å². The Morgan fingerprint density at radius 2 is 1.53 bits per heavy atom. The van der Waals surface area contributed by atoms with Crippen LogP contribution in [0.1, 0.15) is 37.8 Å². The van der Waals surface area contributed by atoms with Crippen molar-refractivity contribution in [2.24, 2.45) is 0 Å². The molecule has 2 atom stereocenters. The van der Waals surface area contributed by atoms with Gasteiger partial charge in [0.25, 0.3) is 0 Å². The van der Waals surface area contributed by atoms with Crippen LogP contribution in [0.4, 0.5) is 0 Å². The van der Waals surface area contributed by atoms with Gasteiger partial charge in [-0.15, -0.1) is 0 Å². The van der Waals surface area contributed by atoms with Crippen LogP contribution >= 0.6 is 15.9 Å². The number of benzene rings is 2. The monoisotopic (exact) mass is 312 g/mol. The van der Waals surface area contributed by atoms with Gasteiger partial charge in [0, 0.05) is 11.1 Å². The van der Waals surface area contributed by atoms with Gasteiger partial charge in [0.15, 0.2) is 11.6 Å². The molecule has 92 valence electrons. The number of carbonyl (C=O) groups excluding carboxylic acids is 2. The van der Waals surface area contributed by atoms with Gasteiger partial charge in [-0.3, -0.25) is 9.59 Å². The van der Waals surface area contributed by atoms with E-state index >= 15 is 0 Å². The van der Waals surface area contributed by atoms with E-state index in [4.69, 9.17) is 0 Å². The lowest BCUT2D eigenvalue weighted by atomic mass is 9.92. The summed E-state index contributed by atoms with van der Waals surface area (Å²) >= 11 is 3.59. The molecule has 0 amide bonds. The fourth-order valence-corrected chi connectivity index (χ4v) is 4.28. The van der Waals surface area contributed by atoms with Gasteiger partial charge in [0.05, 0.1) is 5.92 Å². The summed E-state index contributed by atoms with van der Waals surface area (Å²) in [5, 5.41) is 0. The predicted octanol–water partition coefficient (Wildman–Crippen LogP) is 3.45. The molecule has 0 saturated heterocycles. The number of Topliss-reactive ketones (excluding diaryl/α,β-unsaturated/α-hetero) is 2. The molecule has 2 aliphatic carbocycles. The first-order chi connectivity index (χ1) is 9.15. The van der Waals surface area contributed by atoms with Crippen molar-refractivity contribution in [3.8, 4) is 0 Å². The molecule has 0 radical (unpaired) electrons. The number of rotatable bonds is 0. The maximum atomic E-state index is 12.7. The van der Waals surface area contributed by atoms with E-state index in [-0.39, 0.29) is 11.6 Å². The number of hydrogen-bond acceptors (Lipinski definition) is 2. The van der Waals surface area contributed by atoms with Gasteiger partial charge in [-0.1, -0.05) is 64.5 Å². The van der Waals surface area contributed by atoms with Crippen molar-refractivity contribution in [3.63, 3.8) is 0 Å². The number of ketones is 2. The van der Waals surface area contributed by atoms with Crippen molar-refractivity contribution in [1.82, 2.24) is 0 Å². The van der Waals surface area contributed by atoms with Gasteiger partial charge in [0.1, 0.15) is 4.32 Å². The minimum Gasteiger partial charge on any atom is -0.293 e. The van der Waals surface area contributed by atoms with Gasteiger partial charge in [0.2, 0.25) is 0 Å². The molecule has 4 rings (SSSR count). The molecule has 2 aromatic rings. The van der Waals surface area contributed by atoms with Crippen molar-refractivity contribution in [1.29, 1.82) is 0 Å². The Kier molecular flexibility index (Phi) is 2.00. The number of carbonyl (C=O) groups is 2. The van der Waals surface area contributed by atoms with E-state index in [1.807, 2.05) is 36.4 Å². The number of alkyl halides is 1. The van der Waals surface area contributed by atoms with Gasteiger partial charge < -0.3 is 0 Å². The number of fused-ring (bicyclic) bond motifs is 5. The highest BCUT2D eigenvalue weighted by atomic mass is 79.9. The van der Waals surface area contributed by atoms with E-state index in [1.54, 1.807) is 12.1 Å². The topological polar surface area (TPSA) is 34.1 Å². The Labute approximate surface area is 118 Å². The van der Waals surface area contributed by atoms with E-state index in [1.165, 1.54) is 0 Å². The minimum absolute atomic E-state index is 0.00796. The Bertz CT molecular complexity index is 750. The third kappa shape index (κ3) is 1.12. The standard InChI is InChI=1S/C16H9BrO2/c17-16-12-8-4-3-7-11(12)14(18)13(16)9-5-1-2-6-10(9)15(16)19/h1-8,13H/t13-,16+/m0/s1. The van der Waals surface area contributed by atoms with E-state index in [0.717, 1.165) is 11.1 Å². The zero-order valence-corrected chi connectivity index (χ0v) is 11.5. The summed E-state index contributed by atoms with van der Waals surface area (Å²) in [6.45, 7) is 0. The second-order valence-electron chi connectivity index (χ2n) is 4.97. The minimum atomic E-state index is -0.898. The highest BCUT2D eigenvalue weighted by Gasteiger charge is 2.60. The van der Waals surface area contributed by atoms with Gasteiger partial charge in [-0.05, 0) is 11.1 Å². The average molecular weight is 313 g/mol. The maximum absolute atomic E-state index is 12.7. The average Bonchev–Trinajstić information content (AvgIpc) is 2.82. The van der Waals surface area contributed by atoms with E-state index < -0.39 is 10.2 Å². The SMILES string of the molecule is O=C1c2ccccc2[C@]2(Br)C(=O)c3ccccc3[C@@H]12. The van der Waals surface area contributed by atoms with Gasteiger partial charge in [-0.25, -0.2) is 0 Å². The first-order valence-corrected chi connectivity index (χ1v) is 6.91. The van der Waals surface area contributed by atoms with Crippen molar-refractivity contribution < 1.29 is 9.59 Å². The van der Waals surface area contributed by atoms with Crippen LogP contribution in [-0.2, 0) is 4.32 Å². The van der Waals surface area contributed by atoms with Crippen LogP contribution in [0, 0.1) is 0 Å². The second-order valence-corrected chi connectivity index (χ2v) is 6.22. The van der Waals surface area contributed by atoms with Crippen LogP contribution < -0.4 is 0 Å². The van der Waals surface area contributed by atoms with Crippen molar-refractivity contribution in [2.45, 2.75) is 10.2 Å². The van der Waals surface area contributed by atoms with E-state index in [2.05, 4.69) is 15.9 Å². The third-order valence-electron chi connectivity index (χ3n) is 4.09. The maximum Gasteiger partial charge on any atom is 0.185 e. The lowest BCUT2D eigenvalue weighted by Gasteiger charge is -2.20. The van der Waals surface area contributed by atoms with Crippen LogP contribution in [0.5, 0.6) is 0 Å². The highest BCUT2D eigenvalue weighted by Crippen LogP contribution is 2.59. The largest absolute Gasteiger partial charge is 0.293 e. The summed E-state index contributed by atoms with van der Waals surface area (Å²) in [7, 11) is 0. The smallest absolute Gasteiger partial charge is 0.185 e. The lowest BCUT2D eigenvalue weighted by Crippen LogP contribution is -2.27. The Balaban J connectivity index is 2.08. The first kappa shape index (κ1) is 11.1. The predicted molar refractivity (Wildman–Crippen MR) is 74.9 cm³/mol. The fraction of sp³-hybridized carbons (Fsp3) is 0.125. The Morgan fingerprint density at radius 3 is 2.32 bits per heavy atom. The van der Waals surface area contributed by atoms with Gasteiger partial charge >= 0.3 is 0 Å². The molecule has 0 fully saturated rings. The third-order valence-corrected chi connectivity index (χ3v) is 5.34. The van der Waals surface area contributed by atoms with Crippen molar-refractivity contribution >= 4 is 27.5 Å². The molecular formula is C16H9BrO2. The molecule has 2 aliphatic rings. The summed E-state index contributed by atoms with van der Waals surface area (Å²) in [6.07, 6.45) is 0. The van der Waals surface area contributed by atoms with Crippen molar-refractivity contribution in [3.05, 3.63) is 70.8 Å². The highest BCUT2D eigenvalue weighted by molar-refractivity contribution is 9.10. The molecule has 19 heavy (non-hydrogen) atoms. The molecule has 0 N–H and O–H groups in total. The van der Waals surface area contributed by atoms with E-state index in [0.29, 0.717) is 11.1 Å². The molecule has 0 aliphatic heterocycles. The van der Waals surface area contributed by atoms with Crippen LogP contribution in [0.15, 0.2) is 48.5 Å². The summed E-state index contributed by atoms with van der Waals surface area (Å²) in [6, 6.07) is 14.8. The Hall–Kier alpha value is -1.74. The van der Waals surface area contributed by atoms with Crippen LogP contribution in [-0.4, -0.2) is 11.6 Å². The molecule has 2 nitrogen and oxygen atoms in total. The fourth-order valence-electron chi connectivity index (χ4n) is 3.27.